The third kappa shape index (κ3) is 3.07. The second kappa shape index (κ2) is 5.29. The first-order chi connectivity index (χ1) is 6.84. The number of rotatable bonds is 2. The predicted molar refractivity (Wildman–Crippen MR) is 66.0 cm³/mol. The summed E-state index contributed by atoms with van der Waals surface area (Å²) in [6.45, 7) is 1.21. The highest BCUT2D eigenvalue weighted by atomic mass is 79.9. The van der Waals surface area contributed by atoms with E-state index in [1.807, 2.05) is 11.3 Å². The summed E-state index contributed by atoms with van der Waals surface area (Å²) in [4.78, 5) is 1.50. The van der Waals surface area contributed by atoms with Crippen molar-refractivity contribution in [2.24, 2.45) is 0 Å². The van der Waals surface area contributed by atoms with Crippen molar-refractivity contribution >= 4 is 27.3 Å². The highest BCUT2D eigenvalue weighted by Crippen LogP contribution is 2.24. The maximum atomic E-state index is 3.63. The van der Waals surface area contributed by atoms with Crippen LogP contribution in [0.3, 0.4) is 0 Å². The van der Waals surface area contributed by atoms with Gasteiger partial charge in [-0.1, -0.05) is 12.8 Å². The quantitative estimate of drug-likeness (QED) is 0.869. The Morgan fingerprint density at radius 2 is 2.29 bits per heavy atom. The normalized spacial score (nSPS) is 23.4. The van der Waals surface area contributed by atoms with E-state index in [1.165, 1.54) is 47.3 Å². The van der Waals surface area contributed by atoms with Gasteiger partial charge in [-0.05, 0) is 53.9 Å². The summed E-state index contributed by atoms with van der Waals surface area (Å²) in [7, 11) is 0. The minimum atomic E-state index is 0.711. The molecule has 78 valence electrons. The van der Waals surface area contributed by atoms with E-state index in [-0.39, 0.29) is 0 Å². The van der Waals surface area contributed by atoms with Gasteiger partial charge in [0.2, 0.25) is 0 Å². The SMILES string of the molecule is Brc1ccc(CC2CCCCCN2)s1. The largest absolute Gasteiger partial charge is 0.314 e. The zero-order valence-electron chi connectivity index (χ0n) is 8.26. The number of hydrogen-bond donors (Lipinski definition) is 1. The van der Waals surface area contributed by atoms with Gasteiger partial charge in [0.05, 0.1) is 3.79 Å². The number of thiophene rings is 1. The lowest BCUT2D eigenvalue weighted by Gasteiger charge is -2.14. The van der Waals surface area contributed by atoms with Gasteiger partial charge >= 0.3 is 0 Å². The van der Waals surface area contributed by atoms with Crippen LogP contribution in [0.15, 0.2) is 15.9 Å². The molecule has 1 aromatic rings. The Morgan fingerprint density at radius 3 is 3.07 bits per heavy atom. The standard InChI is InChI=1S/C11H16BrNS/c12-11-6-5-10(14-11)8-9-4-2-1-3-7-13-9/h5-6,9,13H,1-4,7-8H2. The van der Waals surface area contributed by atoms with Gasteiger partial charge in [-0.2, -0.15) is 0 Å². The topological polar surface area (TPSA) is 12.0 Å². The zero-order chi connectivity index (χ0) is 9.80. The van der Waals surface area contributed by atoms with Crippen LogP contribution in [-0.4, -0.2) is 12.6 Å². The van der Waals surface area contributed by atoms with Crippen molar-refractivity contribution in [3.05, 3.63) is 20.8 Å². The van der Waals surface area contributed by atoms with Gasteiger partial charge in [-0.25, -0.2) is 0 Å². The molecule has 0 saturated carbocycles. The van der Waals surface area contributed by atoms with Crippen molar-refractivity contribution in [2.45, 2.75) is 38.1 Å². The summed E-state index contributed by atoms with van der Waals surface area (Å²) in [5, 5.41) is 3.63. The van der Waals surface area contributed by atoms with Gasteiger partial charge in [-0.3, -0.25) is 0 Å². The molecule has 1 unspecified atom stereocenters. The molecule has 1 fully saturated rings. The first-order valence-electron chi connectivity index (χ1n) is 5.32. The summed E-state index contributed by atoms with van der Waals surface area (Å²) >= 11 is 5.38. The van der Waals surface area contributed by atoms with Crippen LogP contribution in [0.2, 0.25) is 0 Å². The first-order valence-corrected chi connectivity index (χ1v) is 6.93. The van der Waals surface area contributed by atoms with Crippen molar-refractivity contribution in [1.29, 1.82) is 0 Å². The van der Waals surface area contributed by atoms with E-state index >= 15 is 0 Å². The Labute approximate surface area is 98.0 Å². The smallest absolute Gasteiger partial charge is 0.0701 e. The summed E-state index contributed by atoms with van der Waals surface area (Å²) in [5.74, 6) is 0. The Morgan fingerprint density at radius 1 is 1.36 bits per heavy atom. The lowest BCUT2D eigenvalue weighted by atomic mass is 10.1. The van der Waals surface area contributed by atoms with E-state index in [9.17, 15) is 0 Å². The molecule has 0 amide bonds. The Bertz CT molecular complexity index is 277. The van der Waals surface area contributed by atoms with Crippen LogP contribution in [0.25, 0.3) is 0 Å². The van der Waals surface area contributed by atoms with Gasteiger partial charge in [0.25, 0.3) is 0 Å². The molecular weight excluding hydrogens is 258 g/mol. The fourth-order valence-electron chi connectivity index (χ4n) is 1.98. The molecule has 2 heterocycles. The Kier molecular flexibility index (Phi) is 4.02. The van der Waals surface area contributed by atoms with E-state index in [1.54, 1.807) is 0 Å². The minimum Gasteiger partial charge on any atom is -0.314 e. The van der Waals surface area contributed by atoms with Crippen molar-refractivity contribution in [1.82, 2.24) is 5.32 Å². The van der Waals surface area contributed by atoms with E-state index in [0.29, 0.717) is 6.04 Å². The lowest BCUT2D eigenvalue weighted by molar-refractivity contribution is 0.510. The van der Waals surface area contributed by atoms with Crippen LogP contribution in [0.4, 0.5) is 0 Å². The van der Waals surface area contributed by atoms with E-state index in [2.05, 4.69) is 33.4 Å². The summed E-state index contributed by atoms with van der Waals surface area (Å²) in [6.07, 6.45) is 6.69. The molecule has 0 radical (unpaired) electrons. The molecule has 1 aliphatic rings. The molecule has 1 N–H and O–H groups in total. The van der Waals surface area contributed by atoms with Crippen molar-refractivity contribution in [2.75, 3.05) is 6.54 Å². The van der Waals surface area contributed by atoms with E-state index < -0.39 is 0 Å². The van der Waals surface area contributed by atoms with Crippen LogP contribution in [0.1, 0.15) is 30.6 Å². The molecule has 1 atom stereocenters. The number of hydrogen-bond acceptors (Lipinski definition) is 2. The zero-order valence-corrected chi connectivity index (χ0v) is 10.7. The molecule has 1 saturated heterocycles. The molecule has 2 rings (SSSR count). The molecule has 0 bridgehead atoms. The van der Waals surface area contributed by atoms with Crippen molar-refractivity contribution < 1.29 is 0 Å². The molecule has 1 aromatic heterocycles. The van der Waals surface area contributed by atoms with Crippen LogP contribution in [0, 0.1) is 0 Å². The fourth-order valence-corrected chi connectivity index (χ4v) is 3.54. The molecule has 3 heteroatoms. The van der Waals surface area contributed by atoms with Gasteiger partial charge in [0, 0.05) is 10.9 Å². The lowest BCUT2D eigenvalue weighted by Crippen LogP contribution is -2.29. The summed E-state index contributed by atoms with van der Waals surface area (Å²) in [5.41, 5.74) is 0. The van der Waals surface area contributed by atoms with Gasteiger partial charge in [0.15, 0.2) is 0 Å². The molecule has 14 heavy (non-hydrogen) atoms. The molecule has 1 nitrogen and oxygen atoms in total. The highest BCUT2D eigenvalue weighted by molar-refractivity contribution is 9.11. The fraction of sp³-hybridized carbons (Fsp3) is 0.636. The maximum absolute atomic E-state index is 3.63. The molecule has 1 aliphatic heterocycles. The van der Waals surface area contributed by atoms with Crippen molar-refractivity contribution in [3.63, 3.8) is 0 Å². The number of nitrogens with one attached hydrogen (secondary N) is 1. The van der Waals surface area contributed by atoms with E-state index in [0.717, 1.165) is 0 Å². The monoisotopic (exact) mass is 273 g/mol. The molecule has 0 aromatic carbocycles. The third-order valence-corrected chi connectivity index (χ3v) is 4.38. The van der Waals surface area contributed by atoms with Crippen LogP contribution in [0.5, 0.6) is 0 Å². The second-order valence-corrected chi connectivity index (χ2v) is 6.46. The average molecular weight is 274 g/mol. The van der Waals surface area contributed by atoms with Crippen LogP contribution < -0.4 is 5.32 Å². The van der Waals surface area contributed by atoms with E-state index in [4.69, 9.17) is 0 Å². The van der Waals surface area contributed by atoms with Crippen molar-refractivity contribution in [3.8, 4) is 0 Å². The second-order valence-electron chi connectivity index (χ2n) is 3.91. The predicted octanol–water partition coefficient (Wildman–Crippen LogP) is 3.59. The van der Waals surface area contributed by atoms with Gasteiger partial charge in [-0.15, -0.1) is 11.3 Å². The maximum Gasteiger partial charge on any atom is 0.0701 e. The first kappa shape index (κ1) is 10.7. The third-order valence-electron chi connectivity index (χ3n) is 2.74. The number of halogens is 1. The van der Waals surface area contributed by atoms with Gasteiger partial charge < -0.3 is 5.32 Å². The summed E-state index contributed by atoms with van der Waals surface area (Å²) in [6, 6.07) is 5.10. The Hall–Kier alpha value is 0.140. The molecule has 0 spiro atoms. The minimum absolute atomic E-state index is 0.711. The highest BCUT2D eigenvalue weighted by Gasteiger charge is 2.12. The Balaban J connectivity index is 1.89. The van der Waals surface area contributed by atoms with Crippen LogP contribution >= 0.6 is 27.3 Å². The average Bonchev–Trinajstić information content (AvgIpc) is 2.43. The molecule has 0 aliphatic carbocycles. The van der Waals surface area contributed by atoms with Crippen LogP contribution in [-0.2, 0) is 6.42 Å². The van der Waals surface area contributed by atoms with Gasteiger partial charge in [0.1, 0.15) is 0 Å². The summed E-state index contributed by atoms with van der Waals surface area (Å²) < 4.78 is 1.25. The molecular formula is C11H16BrNS.